The lowest BCUT2D eigenvalue weighted by atomic mass is 9.88. The van der Waals surface area contributed by atoms with Crippen molar-refractivity contribution in [3.63, 3.8) is 0 Å². The lowest BCUT2D eigenvalue weighted by molar-refractivity contribution is 0.669. The number of rotatable bonds is 6. The van der Waals surface area contributed by atoms with E-state index in [1.54, 1.807) is 0 Å². The van der Waals surface area contributed by atoms with Crippen LogP contribution in [0.1, 0.15) is 11.1 Å². The predicted octanol–water partition coefficient (Wildman–Crippen LogP) is 17.1. The van der Waals surface area contributed by atoms with E-state index >= 15 is 0 Å². The standard InChI is InChI=1S/C58H36N2O2/c1-33-31-47(59(39-13-5-3-6-14-39)45-29-23-37-21-19-35-11-9-17-49-51(35)53(37)57(45)61-49)43-28-26-42-34(2)32-48(44-27-25-41(33)55(43)56(42)44)60(40-15-7-4-8-16-40)46-30-24-38-22-20-36-12-10-18-50-52(36)54(38)58(46)62-50/h3-32H,1-2H3. The molecule has 14 aromatic rings. The van der Waals surface area contributed by atoms with Gasteiger partial charge in [-0.05, 0) is 129 Å². The van der Waals surface area contributed by atoms with Crippen LogP contribution < -0.4 is 9.80 Å². The maximum Gasteiger partial charge on any atom is 0.160 e. The first-order valence-corrected chi connectivity index (χ1v) is 21.3. The van der Waals surface area contributed by atoms with E-state index in [0.29, 0.717) is 0 Å². The van der Waals surface area contributed by atoms with Crippen LogP contribution in [-0.4, -0.2) is 0 Å². The molecule has 2 heterocycles. The van der Waals surface area contributed by atoms with Gasteiger partial charge < -0.3 is 18.6 Å². The molecule has 0 aliphatic rings. The minimum atomic E-state index is 0.892. The van der Waals surface area contributed by atoms with Gasteiger partial charge in [-0.3, -0.25) is 0 Å². The van der Waals surface area contributed by atoms with Gasteiger partial charge >= 0.3 is 0 Å². The molecule has 0 radical (unpaired) electrons. The summed E-state index contributed by atoms with van der Waals surface area (Å²) in [6.45, 7) is 4.51. The van der Waals surface area contributed by atoms with Crippen molar-refractivity contribution in [1.82, 2.24) is 0 Å². The van der Waals surface area contributed by atoms with Gasteiger partial charge in [0.2, 0.25) is 0 Å². The van der Waals surface area contributed by atoms with E-state index in [-0.39, 0.29) is 0 Å². The topological polar surface area (TPSA) is 32.8 Å². The van der Waals surface area contributed by atoms with E-state index < -0.39 is 0 Å². The highest BCUT2D eigenvalue weighted by atomic mass is 16.3. The van der Waals surface area contributed by atoms with Gasteiger partial charge in [-0.2, -0.15) is 0 Å². The molecule has 4 heteroatoms. The van der Waals surface area contributed by atoms with Crippen molar-refractivity contribution in [3.05, 3.63) is 193 Å². The average molecular weight is 793 g/mol. The van der Waals surface area contributed by atoms with Crippen molar-refractivity contribution in [2.75, 3.05) is 9.80 Å². The second kappa shape index (κ2) is 12.2. The van der Waals surface area contributed by atoms with E-state index in [4.69, 9.17) is 8.83 Å². The van der Waals surface area contributed by atoms with Crippen LogP contribution in [0.3, 0.4) is 0 Å². The van der Waals surface area contributed by atoms with Crippen LogP contribution in [0.15, 0.2) is 191 Å². The molecule has 0 aliphatic heterocycles. The zero-order valence-corrected chi connectivity index (χ0v) is 34.0. The molecule has 0 atom stereocenters. The first-order valence-electron chi connectivity index (χ1n) is 21.3. The highest BCUT2D eigenvalue weighted by molar-refractivity contribution is 6.31. The maximum absolute atomic E-state index is 6.88. The third-order valence-electron chi connectivity index (χ3n) is 13.5. The van der Waals surface area contributed by atoms with Crippen LogP contribution in [0, 0.1) is 13.8 Å². The molecule has 14 rings (SSSR count). The number of aryl methyl sites for hydroxylation is 2. The van der Waals surface area contributed by atoms with Crippen LogP contribution in [0.5, 0.6) is 0 Å². The van der Waals surface area contributed by atoms with Crippen molar-refractivity contribution >= 4 is 132 Å². The Morgan fingerprint density at radius 1 is 0.306 bits per heavy atom. The molecule has 62 heavy (non-hydrogen) atoms. The lowest BCUT2D eigenvalue weighted by Crippen LogP contribution is -2.12. The molecule has 290 valence electrons. The fraction of sp³-hybridized carbons (Fsp3) is 0.0345. The number of furan rings is 2. The summed E-state index contributed by atoms with van der Waals surface area (Å²) in [7, 11) is 0. The van der Waals surface area contributed by atoms with Gasteiger partial charge in [-0.1, -0.05) is 121 Å². The number of hydrogen-bond acceptors (Lipinski definition) is 4. The molecule has 0 bridgehead atoms. The Morgan fingerprint density at radius 2 is 0.694 bits per heavy atom. The fourth-order valence-electron chi connectivity index (χ4n) is 10.8. The van der Waals surface area contributed by atoms with E-state index in [1.165, 1.54) is 75.8 Å². The van der Waals surface area contributed by atoms with E-state index in [9.17, 15) is 0 Å². The van der Waals surface area contributed by atoms with Gasteiger partial charge in [0.1, 0.15) is 11.2 Å². The number of anilines is 6. The summed E-state index contributed by atoms with van der Waals surface area (Å²) in [6, 6.07) is 66.1. The zero-order valence-electron chi connectivity index (χ0n) is 34.0. The molecular formula is C58H36N2O2. The normalized spacial score (nSPS) is 12.4. The number of para-hydroxylation sites is 2. The molecule has 0 spiro atoms. The Morgan fingerprint density at radius 3 is 1.13 bits per heavy atom. The highest BCUT2D eigenvalue weighted by Gasteiger charge is 2.28. The summed E-state index contributed by atoms with van der Waals surface area (Å²) >= 11 is 0. The summed E-state index contributed by atoms with van der Waals surface area (Å²) in [5, 5.41) is 16.8. The second-order valence-electron chi connectivity index (χ2n) is 16.9. The van der Waals surface area contributed by atoms with Crippen molar-refractivity contribution in [2.45, 2.75) is 13.8 Å². The minimum absolute atomic E-state index is 0.892. The molecule has 0 amide bonds. The lowest BCUT2D eigenvalue weighted by Gasteiger charge is -2.30. The van der Waals surface area contributed by atoms with Gasteiger partial charge in [-0.15, -0.1) is 0 Å². The van der Waals surface area contributed by atoms with Crippen LogP contribution in [0.4, 0.5) is 34.1 Å². The van der Waals surface area contributed by atoms with Crippen molar-refractivity contribution < 1.29 is 8.83 Å². The first-order chi connectivity index (χ1) is 30.6. The van der Waals surface area contributed by atoms with Crippen molar-refractivity contribution in [1.29, 1.82) is 0 Å². The molecule has 0 aliphatic carbocycles. The smallest absolute Gasteiger partial charge is 0.160 e. The second-order valence-corrected chi connectivity index (χ2v) is 16.9. The molecule has 2 aromatic heterocycles. The molecule has 0 fully saturated rings. The number of nitrogens with zero attached hydrogens (tertiary/aromatic N) is 2. The summed E-state index contributed by atoms with van der Waals surface area (Å²) < 4.78 is 13.8. The number of hydrogen-bond donors (Lipinski definition) is 0. The molecule has 12 aromatic carbocycles. The fourth-order valence-corrected chi connectivity index (χ4v) is 10.8. The van der Waals surface area contributed by atoms with Crippen molar-refractivity contribution in [2.24, 2.45) is 0 Å². The van der Waals surface area contributed by atoms with E-state index in [1.807, 2.05) is 0 Å². The summed E-state index contributed by atoms with van der Waals surface area (Å²) in [5.74, 6) is 0. The Kier molecular flexibility index (Phi) is 6.66. The minimum Gasteiger partial charge on any atom is -0.454 e. The molecule has 0 unspecified atom stereocenters. The van der Waals surface area contributed by atoms with Crippen LogP contribution >= 0.6 is 0 Å². The molecule has 4 nitrogen and oxygen atoms in total. The van der Waals surface area contributed by atoms with Gasteiger partial charge in [-0.25, -0.2) is 0 Å². The number of benzene rings is 12. The maximum atomic E-state index is 6.88. The predicted molar refractivity (Wildman–Crippen MR) is 261 cm³/mol. The highest BCUT2D eigenvalue weighted by Crippen LogP contribution is 2.52. The molecule has 0 saturated heterocycles. The quantitative estimate of drug-likeness (QED) is 0.157. The molecule has 0 saturated carbocycles. The summed E-state index contributed by atoms with van der Waals surface area (Å²) in [5.41, 5.74) is 12.4. The van der Waals surface area contributed by atoms with Crippen LogP contribution in [0.2, 0.25) is 0 Å². The Bertz CT molecular complexity index is 3800. The molecular weight excluding hydrogens is 757 g/mol. The summed E-state index contributed by atoms with van der Waals surface area (Å²) in [4.78, 5) is 4.82. The monoisotopic (exact) mass is 792 g/mol. The summed E-state index contributed by atoms with van der Waals surface area (Å²) in [6.07, 6.45) is 0. The van der Waals surface area contributed by atoms with Crippen molar-refractivity contribution in [3.8, 4) is 0 Å². The van der Waals surface area contributed by atoms with Gasteiger partial charge in [0.25, 0.3) is 0 Å². The largest absolute Gasteiger partial charge is 0.454 e. The average Bonchev–Trinajstić information content (AvgIpc) is 3.92. The Balaban J connectivity index is 1.07. The third-order valence-corrected chi connectivity index (χ3v) is 13.5. The molecule has 0 N–H and O–H groups in total. The third kappa shape index (κ3) is 4.45. The SMILES string of the molecule is Cc1cc(N(c2ccccc2)c2ccc3ccc4cccc5oc2c3c45)c2ccc3c(C)cc(N(c4ccccc4)c4ccc5ccc6cccc7oc4c5c67)c4ccc1c2c34. The Labute approximate surface area is 356 Å². The van der Waals surface area contributed by atoms with Gasteiger partial charge in [0, 0.05) is 43.7 Å². The van der Waals surface area contributed by atoms with Gasteiger partial charge in [0.15, 0.2) is 11.2 Å². The zero-order chi connectivity index (χ0) is 40.8. The van der Waals surface area contributed by atoms with E-state index in [0.717, 1.165) is 67.2 Å². The van der Waals surface area contributed by atoms with E-state index in [2.05, 4.69) is 206 Å². The van der Waals surface area contributed by atoms with Crippen LogP contribution in [-0.2, 0) is 0 Å². The van der Waals surface area contributed by atoms with Crippen LogP contribution in [0.25, 0.3) is 97.7 Å². The first kappa shape index (κ1) is 33.7. The van der Waals surface area contributed by atoms with Gasteiger partial charge in [0.05, 0.1) is 22.7 Å². The Hall–Kier alpha value is -8.08.